The first-order valence-electron chi connectivity index (χ1n) is 7.07. The molecule has 0 fully saturated rings. The number of rotatable bonds is 5. The smallest absolute Gasteiger partial charge is 0.384 e. The molecular weight excluding hydrogens is 370 g/mol. The van der Waals surface area contributed by atoms with Crippen LogP contribution in [0.15, 0.2) is 18.2 Å². The van der Waals surface area contributed by atoms with Gasteiger partial charge in [-0.15, -0.1) is 0 Å². The maximum absolute atomic E-state index is 14.4. The number of aliphatic hydroxyl groups is 1. The first-order valence-corrected chi connectivity index (χ1v) is 8.60. The van der Waals surface area contributed by atoms with Gasteiger partial charge in [0.2, 0.25) is 0 Å². The second-order valence-electron chi connectivity index (χ2n) is 6.68. The Labute approximate surface area is 146 Å². The van der Waals surface area contributed by atoms with E-state index in [1.165, 1.54) is 25.1 Å². The van der Waals surface area contributed by atoms with Gasteiger partial charge in [-0.3, -0.25) is 0 Å². The van der Waals surface area contributed by atoms with E-state index in [1.54, 1.807) is 20.8 Å². The average Bonchev–Trinajstić information content (AvgIpc) is 2.39. The highest BCUT2D eigenvalue weighted by Crippen LogP contribution is 2.36. The topological polar surface area (TPSA) is 49.3 Å². The number of benzene rings is 1. The van der Waals surface area contributed by atoms with E-state index in [9.17, 15) is 26.9 Å². The van der Waals surface area contributed by atoms with E-state index in [2.05, 4.69) is 4.72 Å². The van der Waals surface area contributed by atoms with Gasteiger partial charge in [0.05, 0.1) is 26.3 Å². The van der Waals surface area contributed by atoms with Crippen LogP contribution in [0.5, 0.6) is 0 Å². The predicted octanol–water partition coefficient (Wildman–Crippen LogP) is 4.06. The molecule has 1 aromatic rings. The molecule has 1 aromatic carbocycles. The Morgan fingerprint density at radius 2 is 1.79 bits per heavy atom. The molecule has 1 unspecified atom stereocenters. The zero-order valence-electron chi connectivity index (χ0n) is 13.7. The van der Waals surface area contributed by atoms with Gasteiger partial charge in [-0.05, 0) is 33.8 Å². The highest BCUT2D eigenvalue weighted by Gasteiger charge is 2.45. The van der Waals surface area contributed by atoms with Gasteiger partial charge >= 0.3 is 6.18 Å². The Morgan fingerprint density at radius 3 is 2.25 bits per heavy atom. The monoisotopic (exact) mass is 389 g/mol. The van der Waals surface area contributed by atoms with Crippen LogP contribution in [0.4, 0.5) is 17.6 Å². The van der Waals surface area contributed by atoms with Crippen molar-refractivity contribution in [1.29, 1.82) is 0 Å². The molecule has 0 amide bonds. The van der Waals surface area contributed by atoms with Crippen molar-refractivity contribution in [2.24, 2.45) is 0 Å². The highest BCUT2D eigenvalue weighted by molar-refractivity contribution is 7.84. The molecule has 3 nitrogen and oxygen atoms in total. The molecule has 0 heterocycles. The van der Waals surface area contributed by atoms with Crippen molar-refractivity contribution in [2.45, 2.75) is 56.7 Å². The van der Waals surface area contributed by atoms with E-state index in [0.717, 1.165) is 0 Å². The van der Waals surface area contributed by atoms with E-state index in [1.807, 2.05) is 0 Å². The highest BCUT2D eigenvalue weighted by atomic mass is 35.5. The minimum atomic E-state index is -4.89. The van der Waals surface area contributed by atoms with Crippen molar-refractivity contribution in [3.8, 4) is 0 Å². The van der Waals surface area contributed by atoms with Gasteiger partial charge in [0.1, 0.15) is 5.82 Å². The van der Waals surface area contributed by atoms with Gasteiger partial charge < -0.3 is 5.11 Å². The molecule has 0 aliphatic rings. The summed E-state index contributed by atoms with van der Waals surface area (Å²) in [4.78, 5) is 0. The Hall–Kier alpha value is -0.700. The van der Waals surface area contributed by atoms with Gasteiger partial charge in [0.25, 0.3) is 0 Å². The molecule has 24 heavy (non-hydrogen) atoms. The van der Waals surface area contributed by atoms with Crippen LogP contribution >= 0.6 is 11.6 Å². The number of hydrogen-bond donors (Lipinski definition) is 2. The molecule has 9 heteroatoms. The molecule has 2 N–H and O–H groups in total. The largest absolute Gasteiger partial charge is 0.414 e. The summed E-state index contributed by atoms with van der Waals surface area (Å²) in [7, 11) is -1.80. The quantitative estimate of drug-likeness (QED) is 0.746. The minimum Gasteiger partial charge on any atom is -0.384 e. The Bertz CT molecular complexity index is 618. The number of hydrogen-bond acceptors (Lipinski definition) is 2. The SMILES string of the molecule is CC(C[C@H](O)C(F)(F)F)(N[S@](=O)C(C)(C)C)c1cccc(Cl)c1F. The Kier molecular flexibility index (Phi) is 6.47. The maximum Gasteiger partial charge on any atom is 0.414 e. The summed E-state index contributed by atoms with van der Waals surface area (Å²) in [6.45, 7) is 6.10. The second kappa shape index (κ2) is 7.27. The number of nitrogens with one attached hydrogen (secondary N) is 1. The molecule has 0 aliphatic carbocycles. The number of alkyl halides is 3. The third kappa shape index (κ3) is 5.15. The van der Waals surface area contributed by atoms with Gasteiger partial charge in [-0.25, -0.2) is 13.3 Å². The minimum absolute atomic E-state index is 0.198. The Balaban J connectivity index is 3.35. The lowest BCUT2D eigenvalue weighted by atomic mass is 9.87. The number of aliphatic hydroxyl groups excluding tert-OH is 1. The molecule has 0 aliphatic heterocycles. The third-order valence-corrected chi connectivity index (χ3v) is 5.44. The van der Waals surface area contributed by atoms with Crippen molar-refractivity contribution in [3.05, 3.63) is 34.6 Å². The molecular formula is C15H20ClF4NO2S. The first kappa shape index (κ1) is 21.3. The molecule has 1 rings (SSSR count). The van der Waals surface area contributed by atoms with Crippen LogP contribution in [-0.4, -0.2) is 26.3 Å². The summed E-state index contributed by atoms with van der Waals surface area (Å²) < 4.78 is 66.8. The lowest BCUT2D eigenvalue weighted by molar-refractivity contribution is -0.209. The summed E-state index contributed by atoms with van der Waals surface area (Å²) in [5, 5.41) is 9.16. The molecule has 0 saturated heterocycles. The van der Waals surface area contributed by atoms with Crippen LogP contribution in [0, 0.1) is 5.82 Å². The first-order chi connectivity index (χ1) is 10.7. The van der Waals surface area contributed by atoms with Crippen LogP contribution in [0.2, 0.25) is 5.02 Å². The fourth-order valence-electron chi connectivity index (χ4n) is 2.00. The van der Waals surface area contributed by atoms with E-state index < -0.39 is 45.8 Å². The molecule has 0 saturated carbocycles. The van der Waals surface area contributed by atoms with E-state index in [-0.39, 0.29) is 10.6 Å². The van der Waals surface area contributed by atoms with Crippen molar-refractivity contribution < 1.29 is 26.9 Å². The van der Waals surface area contributed by atoms with Crippen LogP contribution in [0.1, 0.15) is 39.7 Å². The summed E-state index contributed by atoms with van der Waals surface area (Å²) in [5.41, 5.74) is -1.95. The van der Waals surface area contributed by atoms with Crippen LogP contribution in [0.25, 0.3) is 0 Å². The van der Waals surface area contributed by atoms with Crippen LogP contribution in [0.3, 0.4) is 0 Å². The standard InChI is InChI=1S/C15H20ClF4NO2S/c1-13(2,3)24(23)21-14(4,8-11(22)15(18,19)20)9-6-5-7-10(16)12(9)17/h5-7,11,21-22H,8H2,1-4H3/t11-,14?,24+/m0/s1. The van der Waals surface area contributed by atoms with Crippen LogP contribution in [-0.2, 0) is 16.5 Å². The fraction of sp³-hybridized carbons (Fsp3) is 0.600. The van der Waals surface area contributed by atoms with Gasteiger partial charge in [-0.2, -0.15) is 13.2 Å². The summed E-state index contributed by atoms with van der Waals surface area (Å²) in [6, 6.07) is 3.87. The third-order valence-electron chi connectivity index (χ3n) is 3.40. The summed E-state index contributed by atoms with van der Waals surface area (Å²) in [6.07, 6.45) is -8.53. The predicted molar refractivity (Wildman–Crippen MR) is 86.5 cm³/mol. The normalized spacial score (nSPS) is 18.1. The van der Waals surface area contributed by atoms with Gasteiger partial charge in [-0.1, -0.05) is 23.7 Å². The summed E-state index contributed by atoms with van der Waals surface area (Å²) in [5.74, 6) is -0.922. The van der Waals surface area contributed by atoms with E-state index in [0.29, 0.717) is 0 Å². The molecule has 0 spiro atoms. The number of halogens is 5. The summed E-state index contributed by atoms with van der Waals surface area (Å²) >= 11 is 5.71. The van der Waals surface area contributed by atoms with Crippen LogP contribution < -0.4 is 4.72 Å². The second-order valence-corrected chi connectivity index (χ2v) is 9.05. The maximum atomic E-state index is 14.4. The zero-order valence-corrected chi connectivity index (χ0v) is 15.2. The van der Waals surface area contributed by atoms with E-state index >= 15 is 0 Å². The van der Waals surface area contributed by atoms with Crippen molar-refractivity contribution >= 4 is 22.6 Å². The average molecular weight is 390 g/mol. The molecule has 0 bridgehead atoms. The zero-order chi connectivity index (χ0) is 18.9. The van der Waals surface area contributed by atoms with E-state index in [4.69, 9.17) is 11.6 Å². The van der Waals surface area contributed by atoms with Gasteiger partial charge in [0.15, 0.2) is 6.10 Å². The fourth-order valence-corrected chi connectivity index (χ4v) is 3.08. The lowest BCUT2D eigenvalue weighted by Gasteiger charge is -2.36. The van der Waals surface area contributed by atoms with Crippen molar-refractivity contribution in [1.82, 2.24) is 4.72 Å². The molecule has 0 aromatic heterocycles. The van der Waals surface area contributed by atoms with Crippen molar-refractivity contribution in [2.75, 3.05) is 0 Å². The Morgan fingerprint density at radius 1 is 1.25 bits per heavy atom. The lowest BCUT2D eigenvalue weighted by Crippen LogP contribution is -2.50. The van der Waals surface area contributed by atoms with Gasteiger partial charge in [0, 0.05) is 12.0 Å². The molecule has 138 valence electrons. The van der Waals surface area contributed by atoms with Crippen molar-refractivity contribution in [3.63, 3.8) is 0 Å². The molecule has 3 atom stereocenters. The molecule has 0 radical (unpaired) electrons.